The molecule has 1 rings (SSSR count). The lowest BCUT2D eigenvalue weighted by Crippen LogP contribution is -2.43. The predicted octanol–water partition coefficient (Wildman–Crippen LogP) is 4.54. The first-order chi connectivity index (χ1) is 7.08. The highest BCUT2D eigenvalue weighted by atomic mass is 17.4. The van der Waals surface area contributed by atoms with Gasteiger partial charge in [-0.2, -0.15) is 9.78 Å². The minimum Gasteiger partial charge on any atom is -0.199 e. The van der Waals surface area contributed by atoms with Gasteiger partial charge in [-0.3, -0.25) is 0 Å². The number of hydrogen-bond donors (Lipinski definition) is 0. The topological polar surface area (TPSA) is 25.1 Å². The molecule has 96 valence electrons. The third-order valence-electron chi connectivity index (χ3n) is 4.66. The van der Waals surface area contributed by atoms with Crippen LogP contribution in [0.3, 0.4) is 0 Å². The van der Waals surface area contributed by atoms with Gasteiger partial charge in [0.05, 0.1) is 0 Å². The van der Waals surface area contributed by atoms with Gasteiger partial charge in [0.2, 0.25) is 6.29 Å². The molecule has 0 radical (unpaired) electrons. The summed E-state index contributed by atoms with van der Waals surface area (Å²) in [5, 5.41) is 0. The fourth-order valence-electron chi connectivity index (χ4n) is 2.63. The molecule has 0 aromatic rings. The third kappa shape index (κ3) is 2.98. The van der Waals surface area contributed by atoms with Gasteiger partial charge in [0, 0.05) is 6.42 Å². The fourth-order valence-corrected chi connectivity index (χ4v) is 2.63. The molecule has 0 saturated carbocycles. The molecule has 1 heterocycles. The third-order valence-corrected chi connectivity index (χ3v) is 4.66. The number of hydrogen-bond acceptors (Lipinski definition) is 2. The lowest BCUT2D eigenvalue weighted by atomic mass is 9.53. The molecule has 1 aliphatic heterocycles. The van der Waals surface area contributed by atoms with Crippen molar-refractivity contribution in [1.29, 1.82) is 0 Å². The second-order valence-electron chi connectivity index (χ2n) is 7.35. The lowest BCUT2D eigenvalue weighted by Gasteiger charge is -2.52. The Labute approximate surface area is 101 Å². The molecule has 0 bridgehead atoms. The van der Waals surface area contributed by atoms with Crippen LogP contribution in [0.2, 0.25) is 0 Å². The van der Waals surface area contributed by atoms with Crippen molar-refractivity contribution in [3.63, 3.8) is 0 Å². The summed E-state index contributed by atoms with van der Waals surface area (Å²) in [5.74, 6) is 0. The minimum absolute atomic E-state index is 0.0872. The summed E-state index contributed by atoms with van der Waals surface area (Å²) < 4.78 is 0. The lowest BCUT2D eigenvalue weighted by molar-refractivity contribution is -0.0242. The summed E-state index contributed by atoms with van der Waals surface area (Å²) in [7, 11) is 0. The van der Waals surface area contributed by atoms with E-state index < -0.39 is 0 Å². The monoisotopic (exact) mass is 228 g/mol. The van der Waals surface area contributed by atoms with Crippen molar-refractivity contribution in [2.75, 3.05) is 0 Å². The maximum Gasteiger partial charge on any atom is 0.224 e. The van der Waals surface area contributed by atoms with Crippen molar-refractivity contribution in [3.8, 4) is 0 Å². The SMILES string of the molecule is CC(C)(C)C(C)(CCCC1OO1)C(C)(C)C. The van der Waals surface area contributed by atoms with Crippen LogP contribution >= 0.6 is 0 Å². The Morgan fingerprint density at radius 3 is 1.56 bits per heavy atom. The Hall–Kier alpha value is -0.0800. The normalized spacial score (nSPS) is 18.9. The van der Waals surface area contributed by atoms with Crippen LogP contribution in [-0.2, 0) is 9.78 Å². The Kier molecular flexibility index (Phi) is 3.76. The van der Waals surface area contributed by atoms with E-state index in [1.807, 2.05) is 0 Å². The molecule has 0 atom stereocenters. The van der Waals surface area contributed by atoms with Crippen LogP contribution in [0, 0.1) is 16.2 Å². The van der Waals surface area contributed by atoms with Crippen LogP contribution < -0.4 is 0 Å². The highest BCUT2D eigenvalue weighted by molar-refractivity contribution is 4.95. The molecule has 0 amide bonds. The van der Waals surface area contributed by atoms with E-state index in [2.05, 4.69) is 48.5 Å². The summed E-state index contributed by atoms with van der Waals surface area (Å²) >= 11 is 0. The van der Waals surface area contributed by atoms with Gasteiger partial charge in [-0.05, 0) is 29.1 Å². The van der Waals surface area contributed by atoms with Gasteiger partial charge < -0.3 is 0 Å². The van der Waals surface area contributed by atoms with E-state index in [9.17, 15) is 0 Å². The first kappa shape index (κ1) is 14.0. The smallest absolute Gasteiger partial charge is 0.199 e. The van der Waals surface area contributed by atoms with Gasteiger partial charge in [-0.25, -0.2) is 0 Å². The molecular formula is C14H28O2. The Bertz CT molecular complexity index is 214. The molecule has 0 unspecified atom stereocenters. The zero-order valence-electron chi connectivity index (χ0n) is 12.0. The first-order valence-corrected chi connectivity index (χ1v) is 6.40. The number of rotatable bonds is 4. The maximum absolute atomic E-state index is 4.79. The quantitative estimate of drug-likeness (QED) is 0.521. The second kappa shape index (κ2) is 4.30. The van der Waals surface area contributed by atoms with Crippen LogP contribution in [0.15, 0.2) is 0 Å². The molecule has 2 heteroatoms. The molecular weight excluding hydrogens is 200 g/mol. The van der Waals surface area contributed by atoms with E-state index in [0.29, 0.717) is 16.2 Å². The van der Waals surface area contributed by atoms with E-state index in [1.54, 1.807) is 0 Å². The summed E-state index contributed by atoms with van der Waals surface area (Å²) in [5.41, 5.74) is 0.960. The second-order valence-corrected chi connectivity index (χ2v) is 7.35. The van der Waals surface area contributed by atoms with E-state index in [0.717, 1.165) is 6.42 Å². The zero-order chi connectivity index (χ0) is 12.6. The van der Waals surface area contributed by atoms with Gasteiger partial charge >= 0.3 is 0 Å². The average Bonchev–Trinajstić information content (AvgIpc) is 2.83. The Balaban J connectivity index is 2.62. The van der Waals surface area contributed by atoms with Gasteiger partial charge in [-0.1, -0.05) is 48.5 Å². The van der Waals surface area contributed by atoms with E-state index in [-0.39, 0.29) is 6.29 Å². The molecule has 16 heavy (non-hydrogen) atoms. The predicted molar refractivity (Wildman–Crippen MR) is 66.8 cm³/mol. The summed E-state index contributed by atoms with van der Waals surface area (Å²) in [4.78, 5) is 9.59. The van der Waals surface area contributed by atoms with Crippen LogP contribution in [-0.4, -0.2) is 6.29 Å². The van der Waals surface area contributed by atoms with Gasteiger partial charge in [0.15, 0.2) is 0 Å². The average molecular weight is 228 g/mol. The van der Waals surface area contributed by atoms with Crippen LogP contribution in [0.5, 0.6) is 0 Å². The fraction of sp³-hybridized carbons (Fsp3) is 1.00. The summed E-state index contributed by atoms with van der Waals surface area (Å²) in [6.45, 7) is 16.5. The van der Waals surface area contributed by atoms with Crippen LogP contribution in [0.1, 0.15) is 67.7 Å². The molecule has 0 aliphatic carbocycles. The van der Waals surface area contributed by atoms with E-state index in [1.165, 1.54) is 12.8 Å². The Morgan fingerprint density at radius 1 is 0.812 bits per heavy atom. The van der Waals surface area contributed by atoms with E-state index in [4.69, 9.17) is 9.78 Å². The minimum atomic E-state index is 0.0872. The molecule has 0 aromatic heterocycles. The van der Waals surface area contributed by atoms with Crippen molar-refractivity contribution in [2.24, 2.45) is 16.2 Å². The maximum atomic E-state index is 4.79. The largest absolute Gasteiger partial charge is 0.224 e. The van der Waals surface area contributed by atoms with Crippen LogP contribution in [0.4, 0.5) is 0 Å². The van der Waals surface area contributed by atoms with E-state index >= 15 is 0 Å². The van der Waals surface area contributed by atoms with Gasteiger partial charge in [-0.15, -0.1) is 0 Å². The molecule has 1 saturated heterocycles. The summed E-state index contributed by atoms with van der Waals surface area (Å²) in [6.07, 6.45) is 3.52. The highest BCUT2D eigenvalue weighted by Crippen LogP contribution is 2.54. The first-order valence-electron chi connectivity index (χ1n) is 6.40. The van der Waals surface area contributed by atoms with Crippen molar-refractivity contribution in [3.05, 3.63) is 0 Å². The standard InChI is InChI=1S/C14H28O2/c1-12(2,3)14(7,13(4,5)6)10-8-9-11-15-16-11/h11H,8-10H2,1-7H3. The summed E-state index contributed by atoms with van der Waals surface area (Å²) in [6, 6.07) is 0. The van der Waals surface area contributed by atoms with Crippen molar-refractivity contribution in [1.82, 2.24) is 0 Å². The van der Waals surface area contributed by atoms with Crippen molar-refractivity contribution >= 4 is 0 Å². The molecule has 0 spiro atoms. The molecule has 0 N–H and O–H groups in total. The van der Waals surface area contributed by atoms with Crippen molar-refractivity contribution in [2.45, 2.75) is 74.0 Å². The highest BCUT2D eigenvalue weighted by Gasteiger charge is 2.46. The molecule has 0 aromatic carbocycles. The molecule has 2 nitrogen and oxygen atoms in total. The molecule has 1 fully saturated rings. The van der Waals surface area contributed by atoms with Gasteiger partial charge in [0.1, 0.15) is 0 Å². The van der Waals surface area contributed by atoms with Crippen LogP contribution in [0.25, 0.3) is 0 Å². The van der Waals surface area contributed by atoms with Crippen molar-refractivity contribution < 1.29 is 9.78 Å². The zero-order valence-corrected chi connectivity index (χ0v) is 12.0. The van der Waals surface area contributed by atoms with Gasteiger partial charge in [0.25, 0.3) is 0 Å². The molecule has 1 aliphatic rings. The Morgan fingerprint density at radius 2 is 1.25 bits per heavy atom.